The first kappa shape index (κ1) is 19.8. The molecule has 0 unspecified atom stereocenters. The first-order valence-corrected chi connectivity index (χ1v) is 9.75. The number of aryl methyl sites for hydroxylation is 2. The Morgan fingerprint density at radius 1 is 1.07 bits per heavy atom. The number of tetrazole rings is 1. The number of nitrogens with one attached hydrogen (secondary N) is 1. The van der Waals surface area contributed by atoms with Gasteiger partial charge in [0.15, 0.2) is 0 Å². The van der Waals surface area contributed by atoms with Crippen LogP contribution in [0.2, 0.25) is 5.02 Å². The Morgan fingerprint density at radius 3 is 2.50 bits per heavy atom. The highest BCUT2D eigenvalue weighted by atomic mass is 35.5. The number of aromatic nitrogens is 6. The molecule has 0 spiro atoms. The zero-order valence-corrected chi connectivity index (χ0v) is 17.6. The van der Waals surface area contributed by atoms with Gasteiger partial charge in [0.25, 0.3) is 0 Å². The van der Waals surface area contributed by atoms with E-state index in [1.54, 1.807) is 4.68 Å². The normalized spacial score (nSPS) is 10.9. The van der Waals surface area contributed by atoms with Crippen LogP contribution in [-0.4, -0.2) is 35.9 Å². The summed E-state index contributed by atoms with van der Waals surface area (Å²) in [6.07, 6.45) is 1.73. The summed E-state index contributed by atoms with van der Waals surface area (Å²) in [5.41, 5.74) is 5.97. The summed E-state index contributed by atoms with van der Waals surface area (Å²) in [5, 5.41) is 19.4. The number of nitrogens with zero attached hydrogens (tertiary/aromatic N) is 6. The van der Waals surface area contributed by atoms with Crippen molar-refractivity contribution in [3.63, 3.8) is 0 Å². The van der Waals surface area contributed by atoms with Crippen molar-refractivity contribution in [2.45, 2.75) is 27.2 Å². The maximum absolute atomic E-state index is 12.8. The molecule has 0 aliphatic rings. The van der Waals surface area contributed by atoms with Gasteiger partial charge >= 0.3 is 0 Å². The lowest BCUT2D eigenvalue weighted by molar-refractivity contribution is -0.115. The zero-order chi connectivity index (χ0) is 21.3. The molecular weight excluding hydrogens is 402 g/mol. The molecule has 0 atom stereocenters. The molecule has 4 rings (SSSR count). The molecular formula is C21H20ClN7O. The lowest BCUT2D eigenvalue weighted by atomic mass is 10.1. The molecule has 2 aromatic heterocycles. The number of anilines is 1. The quantitative estimate of drug-likeness (QED) is 0.531. The topological polar surface area (TPSA) is 90.5 Å². The Kier molecular flexibility index (Phi) is 5.33. The minimum Gasteiger partial charge on any atom is -0.325 e. The van der Waals surface area contributed by atoms with E-state index in [1.807, 2.05) is 67.9 Å². The highest BCUT2D eigenvalue weighted by Gasteiger charge is 2.17. The average Bonchev–Trinajstić information content (AvgIpc) is 3.35. The second kappa shape index (κ2) is 8.08. The van der Waals surface area contributed by atoms with E-state index in [9.17, 15) is 4.79 Å². The van der Waals surface area contributed by atoms with Gasteiger partial charge < -0.3 is 5.32 Å². The van der Waals surface area contributed by atoms with Crippen LogP contribution in [0.4, 0.5) is 5.69 Å². The van der Waals surface area contributed by atoms with Gasteiger partial charge in [-0.1, -0.05) is 17.7 Å². The second-order valence-electron chi connectivity index (χ2n) is 7.02. The van der Waals surface area contributed by atoms with Gasteiger partial charge in [0, 0.05) is 22.0 Å². The van der Waals surface area contributed by atoms with E-state index in [1.165, 1.54) is 6.33 Å². The number of halogens is 1. The Balaban J connectivity index is 1.55. The summed E-state index contributed by atoms with van der Waals surface area (Å²) >= 11 is 5.98. The van der Waals surface area contributed by atoms with E-state index in [2.05, 4.69) is 25.9 Å². The molecule has 2 aromatic carbocycles. The molecule has 0 saturated carbocycles. The largest absolute Gasteiger partial charge is 0.325 e. The third-order valence-electron chi connectivity index (χ3n) is 4.96. The molecule has 9 heteroatoms. The van der Waals surface area contributed by atoms with Gasteiger partial charge in [0.1, 0.15) is 6.33 Å². The molecule has 1 N–H and O–H groups in total. The van der Waals surface area contributed by atoms with Crippen molar-refractivity contribution >= 4 is 23.2 Å². The van der Waals surface area contributed by atoms with Crippen LogP contribution in [-0.2, 0) is 11.2 Å². The number of amides is 1. The third-order valence-corrected chi connectivity index (χ3v) is 5.21. The summed E-state index contributed by atoms with van der Waals surface area (Å²) in [6, 6.07) is 13.1. The van der Waals surface area contributed by atoms with Crippen LogP contribution in [0, 0.1) is 20.8 Å². The SMILES string of the molecule is Cc1ccc(-n2cnnn2)cc1NC(=O)Cc1c(C)nn(-c2ccc(Cl)cc2)c1C. The van der Waals surface area contributed by atoms with Crippen molar-refractivity contribution in [2.75, 3.05) is 5.32 Å². The van der Waals surface area contributed by atoms with Gasteiger partial charge in [0.05, 0.1) is 23.5 Å². The van der Waals surface area contributed by atoms with E-state index in [-0.39, 0.29) is 12.3 Å². The average molecular weight is 422 g/mol. The number of rotatable bonds is 5. The minimum atomic E-state index is -0.117. The van der Waals surface area contributed by atoms with Crippen molar-refractivity contribution in [1.82, 2.24) is 30.0 Å². The summed E-state index contributed by atoms with van der Waals surface area (Å²) in [4.78, 5) is 12.8. The Bertz CT molecular complexity index is 1200. The molecule has 30 heavy (non-hydrogen) atoms. The molecule has 0 aliphatic heterocycles. The maximum Gasteiger partial charge on any atom is 0.228 e. The summed E-state index contributed by atoms with van der Waals surface area (Å²) in [5.74, 6) is -0.117. The fraction of sp³-hybridized carbons (Fsp3) is 0.190. The van der Waals surface area contributed by atoms with Crippen molar-refractivity contribution < 1.29 is 4.79 Å². The number of carbonyl (C=O) groups is 1. The molecule has 4 aromatic rings. The van der Waals surface area contributed by atoms with Crippen LogP contribution < -0.4 is 5.32 Å². The van der Waals surface area contributed by atoms with E-state index in [0.717, 1.165) is 33.9 Å². The number of hydrogen-bond donors (Lipinski definition) is 1. The van der Waals surface area contributed by atoms with Gasteiger partial charge in [-0.25, -0.2) is 9.36 Å². The monoisotopic (exact) mass is 421 g/mol. The molecule has 0 radical (unpaired) electrons. The molecule has 152 valence electrons. The van der Waals surface area contributed by atoms with Gasteiger partial charge in [0.2, 0.25) is 5.91 Å². The standard InChI is InChI=1S/C21H20ClN7O/c1-13-4-7-18(28-12-23-26-27-28)10-20(13)24-21(30)11-19-14(2)25-29(15(19)3)17-8-5-16(22)6-9-17/h4-10,12H,11H2,1-3H3,(H,24,30). The van der Waals surface area contributed by atoms with E-state index in [0.29, 0.717) is 10.7 Å². The maximum atomic E-state index is 12.8. The molecule has 0 saturated heterocycles. The van der Waals surface area contributed by atoms with Crippen LogP contribution >= 0.6 is 11.6 Å². The molecule has 1 amide bonds. The van der Waals surface area contributed by atoms with E-state index in [4.69, 9.17) is 11.6 Å². The molecule has 8 nitrogen and oxygen atoms in total. The summed E-state index contributed by atoms with van der Waals surface area (Å²) in [7, 11) is 0. The highest BCUT2D eigenvalue weighted by molar-refractivity contribution is 6.30. The predicted molar refractivity (Wildman–Crippen MR) is 114 cm³/mol. The fourth-order valence-corrected chi connectivity index (χ4v) is 3.41. The van der Waals surface area contributed by atoms with Crippen molar-refractivity contribution in [3.05, 3.63) is 76.3 Å². The molecule has 2 heterocycles. The lowest BCUT2D eigenvalue weighted by Crippen LogP contribution is -2.16. The number of carbonyl (C=O) groups excluding carboxylic acids is 1. The molecule has 0 aliphatic carbocycles. The Labute approximate surface area is 178 Å². The van der Waals surface area contributed by atoms with Crippen LogP contribution in [0.15, 0.2) is 48.8 Å². The van der Waals surface area contributed by atoms with Crippen molar-refractivity contribution in [1.29, 1.82) is 0 Å². The first-order chi connectivity index (χ1) is 14.4. The smallest absolute Gasteiger partial charge is 0.228 e. The summed E-state index contributed by atoms with van der Waals surface area (Å²) in [6.45, 7) is 5.81. The van der Waals surface area contributed by atoms with Crippen LogP contribution in [0.1, 0.15) is 22.5 Å². The van der Waals surface area contributed by atoms with E-state index >= 15 is 0 Å². The minimum absolute atomic E-state index is 0.117. The van der Waals surface area contributed by atoms with Gasteiger partial charge in [-0.05, 0) is 73.2 Å². The molecule has 0 bridgehead atoms. The third kappa shape index (κ3) is 3.95. The lowest BCUT2D eigenvalue weighted by Gasteiger charge is -2.11. The number of hydrogen-bond acceptors (Lipinski definition) is 5. The molecule has 0 fully saturated rings. The Hall–Kier alpha value is -3.52. The number of benzene rings is 2. The van der Waals surface area contributed by atoms with Gasteiger partial charge in [-0.3, -0.25) is 4.79 Å². The predicted octanol–water partition coefficient (Wildman–Crippen LogP) is 3.61. The van der Waals surface area contributed by atoms with Crippen LogP contribution in [0.3, 0.4) is 0 Å². The fourth-order valence-electron chi connectivity index (χ4n) is 3.29. The summed E-state index contributed by atoms with van der Waals surface area (Å²) < 4.78 is 3.37. The first-order valence-electron chi connectivity index (χ1n) is 9.37. The second-order valence-corrected chi connectivity index (χ2v) is 7.45. The van der Waals surface area contributed by atoms with E-state index < -0.39 is 0 Å². The Morgan fingerprint density at radius 2 is 1.80 bits per heavy atom. The van der Waals surface area contributed by atoms with Gasteiger partial charge in [-0.15, -0.1) is 5.10 Å². The van der Waals surface area contributed by atoms with Crippen LogP contribution in [0.5, 0.6) is 0 Å². The highest BCUT2D eigenvalue weighted by Crippen LogP contribution is 2.22. The van der Waals surface area contributed by atoms with Crippen LogP contribution in [0.25, 0.3) is 11.4 Å². The zero-order valence-electron chi connectivity index (χ0n) is 16.8. The van der Waals surface area contributed by atoms with Crippen molar-refractivity contribution in [2.24, 2.45) is 0 Å². The van der Waals surface area contributed by atoms with Crippen molar-refractivity contribution in [3.8, 4) is 11.4 Å². The van der Waals surface area contributed by atoms with Gasteiger partial charge in [-0.2, -0.15) is 5.10 Å².